The maximum Gasteiger partial charge on any atom is 0.135 e. The van der Waals surface area contributed by atoms with Gasteiger partial charge in [-0.1, -0.05) is 11.8 Å². The average molecular weight is 251 g/mol. The second-order valence-electron chi connectivity index (χ2n) is 4.07. The summed E-state index contributed by atoms with van der Waals surface area (Å²) in [5.41, 5.74) is 0.516. The fraction of sp³-hybridized carbons (Fsp3) is 0.429. The van der Waals surface area contributed by atoms with Crippen molar-refractivity contribution in [3.63, 3.8) is 0 Å². The van der Waals surface area contributed by atoms with E-state index in [1.807, 2.05) is 19.0 Å². The molecule has 3 nitrogen and oxygen atoms in total. The van der Waals surface area contributed by atoms with Crippen molar-refractivity contribution in [1.82, 2.24) is 4.90 Å². The van der Waals surface area contributed by atoms with Crippen molar-refractivity contribution in [2.45, 2.75) is 6.42 Å². The van der Waals surface area contributed by atoms with Gasteiger partial charge in [0, 0.05) is 13.0 Å². The molecule has 0 fully saturated rings. The van der Waals surface area contributed by atoms with Crippen LogP contribution in [0.1, 0.15) is 12.0 Å². The molecule has 0 saturated carbocycles. The molecule has 0 aliphatic heterocycles. The zero-order chi connectivity index (χ0) is 13.4. The molecule has 0 radical (unpaired) electrons. The lowest BCUT2D eigenvalue weighted by molar-refractivity contribution is 0.260. The molecule has 0 unspecified atom stereocenters. The van der Waals surface area contributed by atoms with Gasteiger partial charge in [0.1, 0.15) is 18.2 Å². The second-order valence-corrected chi connectivity index (χ2v) is 4.07. The number of rotatable bonds is 5. The van der Waals surface area contributed by atoms with Crippen LogP contribution in [0.3, 0.4) is 0 Å². The summed E-state index contributed by atoms with van der Waals surface area (Å²) in [5.74, 6) is 5.79. The summed E-state index contributed by atoms with van der Waals surface area (Å²) in [6.45, 7) is 1.30. The monoisotopic (exact) mass is 251 g/mol. The second kappa shape index (κ2) is 7.70. The van der Waals surface area contributed by atoms with Gasteiger partial charge < -0.3 is 14.7 Å². The molecule has 1 N–H and O–H groups in total. The van der Waals surface area contributed by atoms with E-state index in [2.05, 4.69) is 11.8 Å². The van der Waals surface area contributed by atoms with Crippen LogP contribution in [0.2, 0.25) is 0 Å². The lowest BCUT2D eigenvalue weighted by Crippen LogP contribution is -2.19. The van der Waals surface area contributed by atoms with E-state index in [0.717, 1.165) is 6.54 Å². The Morgan fingerprint density at radius 2 is 2.17 bits per heavy atom. The molecule has 0 aliphatic carbocycles. The van der Waals surface area contributed by atoms with Crippen LogP contribution in [0, 0.1) is 17.7 Å². The van der Waals surface area contributed by atoms with E-state index in [0.29, 0.717) is 24.3 Å². The molecule has 1 aromatic rings. The first-order valence-corrected chi connectivity index (χ1v) is 5.80. The summed E-state index contributed by atoms with van der Waals surface area (Å²) in [6, 6.07) is 4.27. The Balaban J connectivity index is 2.74. The van der Waals surface area contributed by atoms with Gasteiger partial charge in [-0.05, 0) is 32.3 Å². The van der Waals surface area contributed by atoms with Crippen LogP contribution in [0.5, 0.6) is 5.75 Å². The Labute approximate surface area is 107 Å². The van der Waals surface area contributed by atoms with E-state index < -0.39 is 0 Å². The Kier molecular flexibility index (Phi) is 6.20. The molecule has 1 aromatic carbocycles. The standard InChI is InChI=1S/C14H18FNO2/c1-16(2)8-10-18-14-7-6-13(15)11-12(14)5-3-4-9-17/h6-7,11,17H,4,8-10H2,1-2H3. The SMILES string of the molecule is CN(C)CCOc1ccc(F)cc1C#CCCO. The third-order valence-electron chi connectivity index (χ3n) is 2.20. The van der Waals surface area contributed by atoms with Gasteiger partial charge in [-0.15, -0.1) is 0 Å². The van der Waals surface area contributed by atoms with Crippen molar-refractivity contribution in [2.24, 2.45) is 0 Å². The summed E-state index contributed by atoms with van der Waals surface area (Å²) in [4.78, 5) is 2.00. The first-order chi connectivity index (χ1) is 8.63. The molecule has 0 spiro atoms. The Morgan fingerprint density at radius 3 is 2.83 bits per heavy atom. The summed E-state index contributed by atoms with van der Waals surface area (Å²) in [7, 11) is 3.91. The smallest absolute Gasteiger partial charge is 0.135 e. The topological polar surface area (TPSA) is 32.7 Å². The minimum absolute atomic E-state index is 0.000858. The number of likely N-dealkylation sites (N-methyl/N-ethyl adjacent to an activating group) is 1. The van der Waals surface area contributed by atoms with Crippen molar-refractivity contribution in [1.29, 1.82) is 0 Å². The number of ether oxygens (including phenoxy) is 1. The highest BCUT2D eigenvalue weighted by Gasteiger charge is 2.03. The van der Waals surface area contributed by atoms with E-state index in [9.17, 15) is 4.39 Å². The summed E-state index contributed by atoms with van der Waals surface area (Å²) in [6.07, 6.45) is 0.369. The summed E-state index contributed by atoms with van der Waals surface area (Å²) >= 11 is 0. The number of halogens is 1. The maximum absolute atomic E-state index is 13.1. The molecular formula is C14H18FNO2. The van der Waals surface area contributed by atoms with Gasteiger partial charge in [0.15, 0.2) is 0 Å². The molecular weight excluding hydrogens is 233 g/mol. The average Bonchev–Trinajstić information content (AvgIpc) is 2.32. The zero-order valence-electron chi connectivity index (χ0n) is 10.7. The van der Waals surface area contributed by atoms with Crippen LogP contribution in [0.15, 0.2) is 18.2 Å². The molecule has 0 atom stereocenters. The van der Waals surface area contributed by atoms with Gasteiger partial charge in [-0.3, -0.25) is 0 Å². The fourth-order valence-corrected chi connectivity index (χ4v) is 1.28. The minimum Gasteiger partial charge on any atom is -0.491 e. The number of hydrogen-bond acceptors (Lipinski definition) is 3. The predicted octanol–water partition coefficient (Wildman–Crippen LogP) is 1.50. The quantitative estimate of drug-likeness (QED) is 0.805. The Bertz CT molecular complexity index is 435. The van der Waals surface area contributed by atoms with Gasteiger partial charge in [0.2, 0.25) is 0 Å². The number of aliphatic hydroxyl groups excluding tert-OH is 1. The zero-order valence-corrected chi connectivity index (χ0v) is 10.7. The molecule has 18 heavy (non-hydrogen) atoms. The number of hydrogen-bond donors (Lipinski definition) is 1. The third kappa shape index (κ3) is 5.17. The molecule has 0 aliphatic rings. The molecule has 0 bridgehead atoms. The van der Waals surface area contributed by atoms with Crippen molar-refractivity contribution < 1.29 is 14.2 Å². The molecule has 0 aromatic heterocycles. The molecule has 98 valence electrons. The van der Waals surface area contributed by atoms with Crippen LogP contribution < -0.4 is 4.74 Å². The summed E-state index contributed by atoms with van der Waals surface area (Å²) in [5, 5.41) is 8.66. The van der Waals surface area contributed by atoms with Gasteiger partial charge in [0.25, 0.3) is 0 Å². The van der Waals surface area contributed by atoms with E-state index in [1.165, 1.54) is 12.1 Å². The molecule has 1 rings (SSSR count). The largest absolute Gasteiger partial charge is 0.491 e. The van der Waals surface area contributed by atoms with Gasteiger partial charge in [-0.2, -0.15) is 0 Å². The van der Waals surface area contributed by atoms with Crippen LogP contribution in [0.25, 0.3) is 0 Å². The lowest BCUT2D eigenvalue weighted by Gasteiger charge is -2.12. The Morgan fingerprint density at radius 1 is 1.39 bits per heavy atom. The lowest BCUT2D eigenvalue weighted by atomic mass is 10.2. The third-order valence-corrected chi connectivity index (χ3v) is 2.20. The molecule has 4 heteroatoms. The fourth-order valence-electron chi connectivity index (χ4n) is 1.28. The molecule has 0 heterocycles. The van der Waals surface area contributed by atoms with Gasteiger partial charge in [-0.25, -0.2) is 4.39 Å². The van der Waals surface area contributed by atoms with Crippen LogP contribution in [-0.2, 0) is 0 Å². The van der Waals surface area contributed by atoms with Crippen molar-refractivity contribution in [3.8, 4) is 17.6 Å². The summed E-state index contributed by atoms with van der Waals surface area (Å²) < 4.78 is 18.7. The predicted molar refractivity (Wildman–Crippen MR) is 69.0 cm³/mol. The van der Waals surface area contributed by atoms with E-state index in [-0.39, 0.29) is 12.4 Å². The highest BCUT2D eigenvalue weighted by atomic mass is 19.1. The maximum atomic E-state index is 13.1. The highest BCUT2D eigenvalue weighted by molar-refractivity contribution is 5.46. The van der Waals surface area contributed by atoms with Crippen LogP contribution >= 0.6 is 0 Å². The number of benzene rings is 1. The first-order valence-electron chi connectivity index (χ1n) is 5.80. The van der Waals surface area contributed by atoms with E-state index in [1.54, 1.807) is 6.07 Å². The van der Waals surface area contributed by atoms with Gasteiger partial charge >= 0.3 is 0 Å². The van der Waals surface area contributed by atoms with Crippen molar-refractivity contribution in [3.05, 3.63) is 29.6 Å². The van der Waals surface area contributed by atoms with Gasteiger partial charge in [0.05, 0.1) is 12.2 Å². The van der Waals surface area contributed by atoms with Crippen molar-refractivity contribution >= 4 is 0 Å². The molecule has 0 amide bonds. The Hall–Kier alpha value is -1.57. The van der Waals surface area contributed by atoms with Crippen LogP contribution in [0.4, 0.5) is 4.39 Å². The minimum atomic E-state index is -0.344. The normalized spacial score (nSPS) is 10.1. The van der Waals surface area contributed by atoms with E-state index in [4.69, 9.17) is 9.84 Å². The number of nitrogens with zero attached hydrogens (tertiary/aromatic N) is 1. The highest BCUT2D eigenvalue weighted by Crippen LogP contribution is 2.18. The van der Waals surface area contributed by atoms with E-state index >= 15 is 0 Å². The number of aliphatic hydroxyl groups is 1. The van der Waals surface area contributed by atoms with Crippen LogP contribution in [-0.4, -0.2) is 43.9 Å². The molecule has 0 saturated heterocycles. The first kappa shape index (κ1) is 14.5. The van der Waals surface area contributed by atoms with Crippen molar-refractivity contribution in [2.75, 3.05) is 33.9 Å².